The van der Waals surface area contributed by atoms with Gasteiger partial charge in [0.05, 0.1) is 12.8 Å². The summed E-state index contributed by atoms with van der Waals surface area (Å²) in [6, 6.07) is 3.57. The Labute approximate surface area is 72.6 Å². The molecule has 0 spiro atoms. The van der Waals surface area contributed by atoms with Gasteiger partial charge in [0.15, 0.2) is 0 Å². The van der Waals surface area contributed by atoms with Gasteiger partial charge in [-0.05, 0) is 18.6 Å². The van der Waals surface area contributed by atoms with E-state index in [0.717, 1.165) is 25.2 Å². The van der Waals surface area contributed by atoms with Gasteiger partial charge in [-0.1, -0.05) is 13.3 Å². The molecule has 3 heteroatoms. The number of pyridine rings is 1. The third kappa shape index (κ3) is 2.78. The van der Waals surface area contributed by atoms with E-state index in [1.54, 1.807) is 12.3 Å². The topological polar surface area (TPSA) is 48.1 Å². The Balaban J connectivity index is 2.37. The molecule has 12 heavy (non-hydrogen) atoms. The van der Waals surface area contributed by atoms with Gasteiger partial charge >= 0.3 is 0 Å². The van der Waals surface area contributed by atoms with Gasteiger partial charge in [-0.25, -0.2) is 4.98 Å². The number of hydrogen-bond acceptors (Lipinski definition) is 3. The normalized spacial score (nSPS) is 9.75. The van der Waals surface area contributed by atoms with Crippen molar-refractivity contribution in [3.8, 4) is 5.75 Å². The average molecular weight is 166 g/mol. The summed E-state index contributed by atoms with van der Waals surface area (Å²) in [7, 11) is 0. The highest BCUT2D eigenvalue weighted by Gasteiger charge is 1.92. The summed E-state index contributed by atoms with van der Waals surface area (Å²) < 4.78 is 5.38. The third-order valence-corrected chi connectivity index (χ3v) is 1.53. The van der Waals surface area contributed by atoms with Crippen molar-refractivity contribution in [1.82, 2.24) is 4.98 Å². The Morgan fingerprint density at radius 2 is 2.33 bits per heavy atom. The van der Waals surface area contributed by atoms with Gasteiger partial charge in [0.25, 0.3) is 0 Å². The van der Waals surface area contributed by atoms with Crippen molar-refractivity contribution in [2.75, 3.05) is 12.3 Å². The quantitative estimate of drug-likeness (QED) is 0.694. The summed E-state index contributed by atoms with van der Waals surface area (Å²) in [4.78, 5) is 3.91. The molecule has 0 saturated heterocycles. The SMILES string of the molecule is CCCCOc1ccc(N)nc1. The molecular formula is C9H14N2O. The number of rotatable bonds is 4. The molecule has 0 unspecified atom stereocenters. The van der Waals surface area contributed by atoms with Crippen molar-refractivity contribution in [2.45, 2.75) is 19.8 Å². The van der Waals surface area contributed by atoms with Crippen molar-refractivity contribution < 1.29 is 4.74 Å². The predicted molar refractivity (Wildman–Crippen MR) is 49.1 cm³/mol. The van der Waals surface area contributed by atoms with Crippen molar-refractivity contribution in [1.29, 1.82) is 0 Å². The zero-order chi connectivity index (χ0) is 8.81. The summed E-state index contributed by atoms with van der Waals surface area (Å²) >= 11 is 0. The van der Waals surface area contributed by atoms with Gasteiger partial charge in [-0.15, -0.1) is 0 Å². The number of hydrogen-bond donors (Lipinski definition) is 1. The Bertz CT molecular complexity index is 220. The highest BCUT2D eigenvalue weighted by molar-refractivity contribution is 5.31. The molecule has 0 aliphatic carbocycles. The van der Waals surface area contributed by atoms with E-state index in [9.17, 15) is 0 Å². The third-order valence-electron chi connectivity index (χ3n) is 1.53. The standard InChI is InChI=1S/C9H14N2O/c1-2-3-6-12-8-4-5-9(10)11-7-8/h4-5,7H,2-3,6H2,1H3,(H2,10,11). The number of ether oxygens (including phenoxy) is 1. The molecule has 0 bridgehead atoms. The molecule has 0 fully saturated rings. The van der Waals surface area contributed by atoms with Gasteiger partial charge in [0.2, 0.25) is 0 Å². The molecule has 3 nitrogen and oxygen atoms in total. The number of nitrogens with two attached hydrogens (primary N) is 1. The van der Waals surface area contributed by atoms with Crippen LogP contribution in [0.25, 0.3) is 0 Å². The van der Waals surface area contributed by atoms with Crippen molar-refractivity contribution in [3.05, 3.63) is 18.3 Å². The molecule has 1 heterocycles. The molecule has 2 N–H and O–H groups in total. The fourth-order valence-corrected chi connectivity index (χ4v) is 0.811. The van der Waals surface area contributed by atoms with Crippen LogP contribution in [0.3, 0.4) is 0 Å². The van der Waals surface area contributed by atoms with Crippen molar-refractivity contribution >= 4 is 5.82 Å². The summed E-state index contributed by atoms with van der Waals surface area (Å²) in [5, 5.41) is 0. The molecule has 0 aromatic carbocycles. The van der Waals surface area contributed by atoms with Crippen LogP contribution in [0.15, 0.2) is 18.3 Å². The number of aromatic nitrogens is 1. The summed E-state index contributed by atoms with van der Waals surface area (Å²) in [5.74, 6) is 1.32. The van der Waals surface area contributed by atoms with E-state index in [-0.39, 0.29) is 0 Å². The fraction of sp³-hybridized carbons (Fsp3) is 0.444. The first-order valence-electron chi connectivity index (χ1n) is 4.17. The first kappa shape index (κ1) is 8.84. The lowest BCUT2D eigenvalue weighted by Gasteiger charge is -2.03. The van der Waals surface area contributed by atoms with E-state index in [2.05, 4.69) is 11.9 Å². The number of anilines is 1. The van der Waals surface area contributed by atoms with Crippen LogP contribution in [0, 0.1) is 0 Å². The number of nitrogen functional groups attached to an aromatic ring is 1. The zero-order valence-electron chi connectivity index (χ0n) is 7.29. The lowest BCUT2D eigenvalue weighted by molar-refractivity contribution is 0.308. The lowest BCUT2D eigenvalue weighted by Crippen LogP contribution is -1.97. The molecule has 0 atom stereocenters. The molecular weight excluding hydrogens is 152 g/mol. The largest absolute Gasteiger partial charge is 0.492 e. The van der Waals surface area contributed by atoms with E-state index in [1.165, 1.54) is 0 Å². The van der Waals surface area contributed by atoms with Crippen LogP contribution < -0.4 is 10.5 Å². The maximum Gasteiger partial charge on any atom is 0.137 e. The highest BCUT2D eigenvalue weighted by atomic mass is 16.5. The molecule has 1 aromatic rings. The number of nitrogens with zero attached hydrogens (tertiary/aromatic N) is 1. The summed E-state index contributed by atoms with van der Waals surface area (Å²) in [6.45, 7) is 2.88. The second-order valence-corrected chi connectivity index (χ2v) is 2.62. The minimum absolute atomic E-state index is 0.526. The van der Waals surface area contributed by atoms with Crippen LogP contribution >= 0.6 is 0 Å². The second-order valence-electron chi connectivity index (χ2n) is 2.62. The van der Waals surface area contributed by atoms with Crippen molar-refractivity contribution in [2.24, 2.45) is 0 Å². The van der Waals surface area contributed by atoms with Gasteiger partial charge in [0.1, 0.15) is 11.6 Å². The summed E-state index contributed by atoms with van der Waals surface area (Å²) in [6.07, 6.45) is 3.86. The molecule has 1 aromatic heterocycles. The second kappa shape index (κ2) is 4.59. The molecule has 66 valence electrons. The van der Waals surface area contributed by atoms with Crippen molar-refractivity contribution in [3.63, 3.8) is 0 Å². The van der Waals surface area contributed by atoms with E-state index >= 15 is 0 Å². The van der Waals surface area contributed by atoms with E-state index in [4.69, 9.17) is 10.5 Å². The number of unbranched alkanes of at least 4 members (excludes halogenated alkanes) is 1. The minimum atomic E-state index is 0.526. The first-order valence-corrected chi connectivity index (χ1v) is 4.17. The summed E-state index contributed by atoms with van der Waals surface area (Å²) in [5.41, 5.74) is 5.41. The molecule has 0 amide bonds. The first-order chi connectivity index (χ1) is 5.83. The molecule has 0 aliphatic rings. The van der Waals surface area contributed by atoms with E-state index in [1.807, 2.05) is 6.07 Å². The molecule has 1 rings (SSSR count). The fourth-order valence-electron chi connectivity index (χ4n) is 0.811. The van der Waals surface area contributed by atoms with Crippen LogP contribution in [0.5, 0.6) is 5.75 Å². The predicted octanol–water partition coefficient (Wildman–Crippen LogP) is 1.84. The van der Waals surface area contributed by atoms with Gasteiger partial charge in [-0.3, -0.25) is 0 Å². The Morgan fingerprint density at radius 1 is 1.50 bits per heavy atom. The maximum absolute atomic E-state index is 5.41. The van der Waals surface area contributed by atoms with Gasteiger partial charge in [0, 0.05) is 0 Å². The molecule has 0 saturated carbocycles. The Hall–Kier alpha value is -1.25. The Morgan fingerprint density at radius 3 is 2.92 bits per heavy atom. The zero-order valence-corrected chi connectivity index (χ0v) is 7.29. The lowest BCUT2D eigenvalue weighted by atomic mass is 10.3. The maximum atomic E-state index is 5.41. The van der Waals surface area contributed by atoms with Crippen LogP contribution in [0.2, 0.25) is 0 Å². The van der Waals surface area contributed by atoms with Crippen LogP contribution in [-0.4, -0.2) is 11.6 Å². The smallest absolute Gasteiger partial charge is 0.137 e. The van der Waals surface area contributed by atoms with Gasteiger partial charge in [-0.2, -0.15) is 0 Å². The van der Waals surface area contributed by atoms with Gasteiger partial charge < -0.3 is 10.5 Å². The van der Waals surface area contributed by atoms with E-state index in [0.29, 0.717) is 5.82 Å². The molecule has 0 aliphatic heterocycles. The molecule has 0 radical (unpaired) electrons. The Kier molecular flexibility index (Phi) is 3.38. The average Bonchev–Trinajstić information content (AvgIpc) is 2.09. The van der Waals surface area contributed by atoms with Crippen LogP contribution in [0.1, 0.15) is 19.8 Å². The van der Waals surface area contributed by atoms with E-state index < -0.39 is 0 Å². The minimum Gasteiger partial charge on any atom is -0.492 e. The monoisotopic (exact) mass is 166 g/mol. The van der Waals surface area contributed by atoms with Crippen LogP contribution in [0.4, 0.5) is 5.82 Å². The van der Waals surface area contributed by atoms with Crippen LogP contribution in [-0.2, 0) is 0 Å². The highest BCUT2D eigenvalue weighted by Crippen LogP contribution is 2.09.